The SMILES string of the molecule is CCc1c(NC)ncnc1N(C)C1CCCCC1C. The van der Waals surface area contributed by atoms with Crippen molar-refractivity contribution in [3.8, 4) is 0 Å². The standard InChI is InChI=1S/C15H26N4/c1-5-12-14(16-3)17-10-18-15(12)19(4)13-9-7-6-8-11(13)2/h10-11,13H,5-9H2,1-4H3,(H,16,17,18). The maximum absolute atomic E-state index is 4.54. The summed E-state index contributed by atoms with van der Waals surface area (Å²) >= 11 is 0. The fraction of sp³-hybridized carbons (Fsp3) is 0.733. The molecule has 0 aliphatic heterocycles. The molecule has 4 heteroatoms. The number of hydrogen-bond acceptors (Lipinski definition) is 4. The van der Waals surface area contributed by atoms with Crippen molar-refractivity contribution in [1.29, 1.82) is 0 Å². The molecule has 1 aromatic rings. The zero-order chi connectivity index (χ0) is 13.8. The molecular weight excluding hydrogens is 236 g/mol. The summed E-state index contributed by atoms with van der Waals surface area (Å²) in [6.45, 7) is 4.54. The third-order valence-electron chi connectivity index (χ3n) is 4.41. The summed E-state index contributed by atoms with van der Waals surface area (Å²) in [5, 5.41) is 3.18. The molecule has 1 aromatic heterocycles. The molecule has 4 nitrogen and oxygen atoms in total. The third kappa shape index (κ3) is 2.82. The molecule has 0 saturated heterocycles. The van der Waals surface area contributed by atoms with Crippen LogP contribution in [-0.4, -0.2) is 30.1 Å². The molecule has 2 unspecified atom stereocenters. The quantitative estimate of drug-likeness (QED) is 0.905. The normalized spacial score (nSPS) is 23.2. The molecule has 1 heterocycles. The Morgan fingerprint density at radius 3 is 2.68 bits per heavy atom. The molecule has 1 saturated carbocycles. The van der Waals surface area contributed by atoms with Crippen molar-refractivity contribution in [1.82, 2.24) is 9.97 Å². The van der Waals surface area contributed by atoms with E-state index in [4.69, 9.17) is 0 Å². The van der Waals surface area contributed by atoms with E-state index >= 15 is 0 Å². The zero-order valence-corrected chi connectivity index (χ0v) is 12.6. The van der Waals surface area contributed by atoms with Gasteiger partial charge in [0.2, 0.25) is 0 Å². The minimum Gasteiger partial charge on any atom is -0.373 e. The summed E-state index contributed by atoms with van der Waals surface area (Å²) < 4.78 is 0. The number of nitrogens with one attached hydrogen (secondary N) is 1. The lowest BCUT2D eigenvalue weighted by Crippen LogP contribution is -2.40. The van der Waals surface area contributed by atoms with Crippen molar-refractivity contribution >= 4 is 11.6 Å². The predicted molar refractivity (Wildman–Crippen MR) is 80.8 cm³/mol. The largest absolute Gasteiger partial charge is 0.373 e. The van der Waals surface area contributed by atoms with Crippen molar-refractivity contribution in [3.05, 3.63) is 11.9 Å². The second-order valence-corrected chi connectivity index (χ2v) is 5.57. The van der Waals surface area contributed by atoms with Crippen LogP contribution in [0.1, 0.15) is 45.1 Å². The summed E-state index contributed by atoms with van der Waals surface area (Å²) in [6, 6.07) is 0.610. The van der Waals surface area contributed by atoms with Gasteiger partial charge in [-0.25, -0.2) is 9.97 Å². The van der Waals surface area contributed by atoms with Gasteiger partial charge < -0.3 is 10.2 Å². The van der Waals surface area contributed by atoms with Gasteiger partial charge in [0.25, 0.3) is 0 Å². The van der Waals surface area contributed by atoms with Gasteiger partial charge in [-0.05, 0) is 25.2 Å². The van der Waals surface area contributed by atoms with Crippen molar-refractivity contribution in [2.24, 2.45) is 5.92 Å². The molecule has 2 rings (SSSR count). The minimum absolute atomic E-state index is 0.610. The van der Waals surface area contributed by atoms with E-state index in [1.807, 2.05) is 7.05 Å². The number of aromatic nitrogens is 2. The number of hydrogen-bond donors (Lipinski definition) is 1. The van der Waals surface area contributed by atoms with Gasteiger partial charge in [0.05, 0.1) is 0 Å². The summed E-state index contributed by atoms with van der Waals surface area (Å²) in [5.74, 6) is 2.81. The van der Waals surface area contributed by atoms with Gasteiger partial charge >= 0.3 is 0 Å². The van der Waals surface area contributed by atoms with Crippen LogP contribution in [0, 0.1) is 5.92 Å². The fourth-order valence-electron chi connectivity index (χ4n) is 3.28. The lowest BCUT2D eigenvalue weighted by atomic mass is 9.85. The van der Waals surface area contributed by atoms with Gasteiger partial charge in [-0.15, -0.1) is 0 Å². The van der Waals surface area contributed by atoms with Crippen LogP contribution in [0.3, 0.4) is 0 Å². The van der Waals surface area contributed by atoms with Crippen LogP contribution in [0.15, 0.2) is 6.33 Å². The molecule has 1 aliphatic rings. The number of anilines is 2. The smallest absolute Gasteiger partial charge is 0.137 e. The average molecular weight is 262 g/mol. The first-order valence-corrected chi connectivity index (χ1v) is 7.43. The molecule has 0 aromatic carbocycles. The van der Waals surface area contributed by atoms with E-state index in [-0.39, 0.29) is 0 Å². The first-order chi connectivity index (χ1) is 9.19. The predicted octanol–water partition coefficient (Wildman–Crippen LogP) is 3.10. The van der Waals surface area contributed by atoms with Crippen LogP contribution in [-0.2, 0) is 6.42 Å². The van der Waals surface area contributed by atoms with Crippen molar-refractivity contribution in [2.45, 2.75) is 52.0 Å². The Kier molecular flexibility index (Phi) is 4.61. The second-order valence-electron chi connectivity index (χ2n) is 5.57. The van der Waals surface area contributed by atoms with Crippen molar-refractivity contribution < 1.29 is 0 Å². The topological polar surface area (TPSA) is 41.1 Å². The van der Waals surface area contributed by atoms with E-state index in [1.54, 1.807) is 6.33 Å². The van der Waals surface area contributed by atoms with E-state index in [0.29, 0.717) is 6.04 Å². The Morgan fingerprint density at radius 2 is 2.05 bits per heavy atom. The average Bonchev–Trinajstić information content (AvgIpc) is 2.46. The first-order valence-electron chi connectivity index (χ1n) is 7.43. The van der Waals surface area contributed by atoms with Gasteiger partial charge in [-0.2, -0.15) is 0 Å². The number of rotatable bonds is 4. The van der Waals surface area contributed by atoms with E-state index in [9.17, 15) is 0 Å². The molecule has 106 valence electrons. The molecule has 19 heavy (non-hydrogen) atoms. The van der Waals surface area contributed by atoms with Gasteiger partial charge in [0, 0.05) is 25.7 Å². The van der Waals surface area contributed by atoms with Crippen LogP contribution in [0.25, 0.3) is 0 Å². The third-order valence-corrected chi connectivity index (χ3v) is 4.41. The molecule has 1 N–H and O–H groups in total. The highest BCUT2D eigenvalue weighted by Gasteiger charge is 2.27. The molecule has 0 bridgehead atoms. The van der Waals surface area contributed by atoms with Crippen LogP contribution in [0.2, 0.25) is 0 Å². The summed E-state index contributed by atoms with van der Waals surface area (Å²) in [7, 11) is 4.11. The second kappa shape index (κ2) is 6.22. The summed E-state index contributed by atoms with van der Waals surface area (Å²) in [6.07, 6.45) is 7.95. The van der Waals surface area contributed by atoms with E-state index in [2.05, 4.69) is 41.1 Å². The van der Waals surface area contributed by atoms with E-state index in [1.165, 1.54) is 31.2 Å². The van der Waals surface area contributed by atoms with Crippen LogP contribution >= 0.6 is 0 Å². The number of nitrogens with zero attached hydrogens (tertiary/aromatic N) is 3. The van der Waals surface area contributed by atoms with Crippen molar-refractivity contribution in [2.75, 3.05) is 24.3 Å². The highest BCUT2D eigenvalue weighted by atomic mass is 15.2. The molecule has 1 aliphatic carbocycles. The van der Waals surface area contributed by atoms with Gasteiger partial charge in [0.15, 0.2) is 0 Å². The molecule has 2 atom stereocenters. The first kappa shape index (κ1) is 14.1. The van der Waals surface area contributed by atoms with Gasteiger partial charge in [-0.3, -0.25) is 0 Å². The Hall–Kier alpha value is -1.32. The molecule has 0 spiro atoms. The maximum atomic E-state index is 4.54. The summed E-state index contributed by atoms with van der Waals surface area (Å²) in [5.41, 5.74) is 1.23. The molecular formula is C15H26N4. The maximum Gasteiger partial charge on any atom is 0.137 e. The molecule has 1 fully saturated rings. The van der Waals surface area contributed by atoms with Crippen molar-refractivity contribution in [3.63, 3.8) is 0 Å². The van der Waals surface area contributed by atoms with E-state index in [0.717, 1.165) is 24.0 Å². The lowest BCUT2D eigenvalue weighted by Gasteiger charge is -2.37. The van der Waals surface area contributed by atoms with E-state index < -0.39 is 0 Å². The lowest BCUT2D eigenvalue weighted by molar-refractivity contribution is 0.320. The molecule has 0 amide bonds. The zero-order valence-electron chi connectivity index (χ0n) is 12.6. The monoisotopic (exact) mass is 262 g/mol. The van der Waals surface area contributed by atoms with Crippen LogP contribution in [0.5, 0.6) is 0 Å². The highest BCUT2D eigenvalue weighted by molar-refractivity contribution is 5.58. The Morgan fingerprint density at radius 1 is 1.32 bits per heavy atom. The Labute approximate surface area is 116 Å². The minimum atomic E-state index is 0.610. The van der Waals surface area contributed by atoms with Gasteiger partial charge in [-0.1, -0.05) is 26.7 Å². The highest BCUT2D eigenvalue weighted by Crippen LogP contribution is 2.32. The van der Waals surface area contributed by atoms with Crippen LogP contribution < -0.4 is 10.2 Å². The molecule has 0 radical (unpaired) electrons. The Balaban J connectivity index is 2.29. The fourth-order valence-corrected chi connectivity index (χ4v) is 3.28. The van der Waals surface area contributed by atoms with Gasteiger partial charge in [0.1, 0.15) is 18.0 Å². The van der Waals surface area contributed by atoms with Crippen LogP contribution in [0.4, 0.5) is 11.6 Å². The summed E-state index contributed by atoms with van der Waals surface area (Å²) in [4.78, 5) is 11.2. The Bertz CT molecular complexity index is 419.